The Morgan fingerprint density at radius 3 is 2.68 bits per heavy atom. The Hall–Kier alpha value is -3.20. The summed E-state index contributed by atoms with van der Waals surface area (Å²) in [5.41, 5.74) is 3.40. The summed E-state index contributed by atoms with van der Waals surface area (Å²) >= 11 is 6.00. The van der Waals surface area contributed by atoms with Gasteiger partial charge in [-0.15, -0.1) is 0 Å². The molecule has 0 aliphatic carbocycles. The van der Waals surface area contributed by atoms with Crippen LogP contribution in [0.25, 0.3) is 28.1 Å². The average molecular weight is 389 g/mol. The van der Waals surface area contributed by atoms with Gasteiger partial charge in [0.15, 0.2) is 0 Å². The van der Waals surface area contributed by atoms with Crippen molar-refractivity contribution in [2.24, 2.45) is 0 Å². The second-order valence-corrected chi connectivity index (χ2v) is 7.50. The Morgan fingerprint density at radius 1 is 1.11 bits per heavy atom. The summed E-state index contributed by atoms with van der Waals surface area (Å²) in [5.74, 6) is 0.690. The van der Waals surface area contributed by atoms with Crippen molar-refractivity contribution in [1.29, 1.82) is 5.26 Å². The lowest BCUT2D eigenvalue weighted by Crippen LogP contribution is -2.15. The van der Waals surface area contributed by atoms with Crippen LogP contribution in [0.4, 0.5) is 0 Å². The van der Waals surface area contributed by atoms with Gasteiger partial charge in [0.05, 0.1) is 34.0 Å². The number of imidazole rings is 1. The number of fused-ring (bicyclic) bond motifs is 1. The summed E-state index contributed by atoms with van der Waals surface area (Å²) < 4.78 is 1.88. The highest BCUT2D eigenvalue weighted by Crippen LogP contribution is 2.28. The first kappa shape index (κ1) is 18.2. The van der Waals surface area contributed by atoms with Crippen LogP contribution in [-0.4, -0.2) is 19.6 Å². The van der Waals surface area contributed by atoms with E-state index in [9.17, 15) is 10.4 Å². The molecule has 2 aromatic carbocycles. The van der Waals surface area contributed by atoms with Crippen molar-refractivity contribution in [2.45, 2.75) is 19.4 Å². The molecule has 0 fully saturated rings. The number of hydrogen-bond acceptors (Lipinski definition) is 4. The summed E-state index contributed by atoms with van der Waals surface area (Å²) in [6.07, 6.45) is 1.71. The molecule has 6 heteroatoms. The van der Waals surface area contributed by atoms with Crippen LogP contribution in [0.5, 0.6) is 0 Å². The molecule has 0 unspecified atom stereocenters. The van der Waals surface area contributed by atoms with E-state index < -0.39 is 5.60 Å². The first-order valence-electron chi connectivity index (χ1n) is 8.74. The zero-order valence-corrected chi connectivity index (χ0v) is 16.1. The number of nitrogens with zero attached hydrogens (tertiary/aromatic N) is 4. The Bertz CT molecular complexity index is 1230. The van der Waals surface area contributed by atoms with E-state index in [1.54, 1.807) is 38.4 Å². The smallest absolute Gasteiger partial charge is 0.139 e. The molecule has 28 heavy (non-hydrogen) atoms. The van der Waals surface area contributed by atoms with E-state index in [1.165, 1.54) is 0 Å². The van der Waals surface area contributed by atoms with Crippen LogP contribution in [0, 0.1) is 11.3 Å². The van der Waals surface area contributed by atoms with E-state index in [1.807, 2.05) is 41.0 Å². The number of pyridine rings is 1. The molecular weight excluding hydrogens is 372 g/mol. The monoisotopic (exact) mass is 388 g/mol. The number of aliphatic hydroxyl groups is 1. The van der Waals surface area contributed by atoms with E-state index in [0.717, 1.165) is 22.2 Å². The third kappa shape index (κ3) is 3.24. The minimum absolute atomic E-state index is 0.474. The first-order chi connectivity index (χ1) is 13.4. The molecular formula is C22H17ClN4O. The molecule has 0 saturated carbocycles. The van der Waals surface area contributed by atoms with E-state index in [-0.39, 0.29) is 0 Å². The second kappa shape index (κ2) is 6.75. The highest BCUT2D eigenvalue weighted by atomic mass is 35.5. The fourth-order valence-electron chi connectivity index (χ4n) is 3.12. The van der Waals surface area contributed by atoms with Crippen LogP contribution >= 0.6 is 11.6 Å². The second-order valence-electron chi connectivity index (χ2n) is 7.06. The van der Waals surface area contributed by atoms with Gasteiger partial charge in [0, 0.05) is 10.6 Å². The fraction of sp³-hybridized carbons (Fsp3) is 0.136. The number of rotatable bonds is 3. The van der Waals surface area contributed by atoms with Gasteiger partial charge in [-0.25, -0.2) is 9.97 Å². The van der Waals surface area contributed by atoms with Gasteiger partial charge in [0.2, 0.25) is 0 Å². The van der Waals surface area contributed by atoms with Crippen LogP contribution in [0.2, 0.25) is 5.02 Å². The van der Waals surface area contributed by atoms with Crippen molar-refractivity contribution in [1.82, 2.24) is 14.5 Å². The highest BCUT2D eigenvalue weighted by Gasteiger charge is 2.17. The Labute approximate surface area is 167 Å². The molecule has 4 aromatic rings. The third-order valence-corrected chi connectivity index (χ3v) is 4.85. The number of hydrogen-bond donors (Lipinski definition) is 1. The van der Waals surface area contributed by atoms with Gasteiger partial charge in [-0.3, -0.25) is 4.57 Å². The minimum atomic E-state index is -0.932. The Balaban J connectivity index is 1.82. The minimum Gasteiger partial charge on any atom is -0.386 e. The van der Waals surface area contributed by atoms with Crippen LogP contribution < -0.4 is 0 Å². The zero-order valence-electron chi connectivity index (χ0n) is 15.4. The standard InChI is InChI=1S/C22H17ClN4O/c1-22(2,28)15-6-9-20-19(11-15)25-13-27(20)21-5-3-4-18(26-21)17-8-7-16(23)10-14(17)12-24/h3-11,13,28H,1-2H3. The molecule has 0 amide bonds. The Kier molecular flexibility index (Phi) is 4.38. The molecule has 0 radical (unpaired) electrons. The molecule has 5 nitrogen and oxygen atoms in total. The van der Waals surface area contributed by atoms with E-state index >= 15 is 0 Å². The van der Waals surface area contributed by atoms with Gasteiger partial charge in [0.1, 0.15) is 12.1 Å². The maximum atomic E-state index is 10.2. The molecule has 0 saturated heterocycles. The van der Waals surface area contributed by atoms with Gasteiger partial charge in [-0.1, -0.05) is 23.7 Å². The van der Waals surface area contributed by atoms with Crippen molar-refractivity contribution >= 4 is 22.6 Å². The lowest BCUT2D eigenvalue weighted by Gasteiger charge is -2.17. The molecule has 0 aliphatic heterocycles. The quantitative estimate of drug-likeness (QED) is 0.545. The van der Waals surface area contributed by atoms with Crippen molar-refractivity contribution in [3.05, 3.63) is 77.1 Å². The number of halogens is 1. The number of nitriles is 1. The lowest BCUT2D eigenvalue weighted by molar-refractivity contribution is 0.0787. The summed E-state index contributed by atoms with van der Waals surface area (Å²) in [6.45, 7) is 3.49. The number of aromatic nitrogens is 3. The van der Waals surface area contributed by atoms with E-state index in [0.29, 0.717) is 22.1 Å². The normalized spacial score (nSPS) is 11.5. The largest absolute Gasteiger partial charge is 0.386 e. The molecule has 2 aromatic heterocycles. The van der Waals surface area contributed by atoms with Gasteiger partial charge in [-0.2, -0.15) is 5.26 Å². The molecule has 0 bridgehead atoms. The van der Waals surface area contributed by atoms with Crippen LogP contribution in [0.1, 0.15) is 25.0 Å². The lowest BCUT2D eigenvalue weighted by atomic mass is 9.98. The maximum Gasteiger partial charge on any atom is 0.139 e. The van der Waals surface area contributed by atoms with Gasteiger partial charge >= 0.3 is 0 Å². The Morgan fingerprint density at radius 2 is 1.93 bits per heavy atom. The maximum absolute atomic E-state index is 10.2. The predicted molar refractivity (Wildman–Crippen MR) is 109 cm³/mol. The SMILES string of the molecule is CC(C)(O)c1ccc2c(c1)ncn2-c1cccc(-c2ccc(Cl)cc2C#N)n1. The molecule has 0 spiro atoms. The van der Waals surface area contributed by atoms with Crippen LogP contribution in [-0.2, 0) is 5.60 Å². The highest BCUT2D eigenvalue weighted by molar-refractivity contribution is 6.30. The van der Waals surface area contributed by atoms with Crippen molar-refractivity contribution in [3.63, 3.8) is 0 Å². The molecule has 138 valence electrons. The number of benzene rings is 2. The van der Waals surface area contributed by atoms with Crippen molar-refractivity contribution in [2.75, 3.05) is 0 Å². The van der Waals surface area contributed by atoms with Gasteiger partial charge < -0.3 is 5.11 Å². The molecule has 1 N–H and O–H groups in total. The zero-order chi connectivity index (χ0) is 19.9. The summed E-state index contributed by atoms with van der Waals surface area (Å²) in [7, 11) is 0. The van der Waals surface area contributed by atoms with E-state index in [2.05, 4.69) is 11.1 Å². The first-order valence-corrected chi connectivity index (χ1v) is 9.12. The molecule has 4 rings (SSSR count). The molecule has 0 atom stereocenters. The van der Waals surface area contributed by atoms with Gasteiger partial charge in [0.25, 0.3) is 0 Å². The predicted octanol–water partition coefficient (Wildman–Crippen LogP) is 4.84. The average Bonchev–Trinajstić information content (AvgIpc) is 3.10. The molecule has 2 heterocycles. The third-order valence-electron chi connectivity index (χ3n) is 4.61. The summed E-state index contributed by atoms with van der Waals surface area (Å²) in [6, 6.07) is 18.7. The van der Waals surface area contributed by atoms with Gasteiger partial charge in [-0.05, 0) is 61.9 Å². The van der Waals surface area contributed by atoms with Crippen LogP contribution in [0.3, 0.4) is 0 Å². The van der Waals surface area contributed by atoms with Crippen molar-refractivity contribution < 1.29 is 5.11 Å². The van der Waals surface area contributed by atoms with Crippen LogP contribution in [0.15, 0.2) is 60.9 Å². The van der Waals surface area contributed by atoms with E-state index in [4.69, 9.17) is 16.6 Å². The topological polar surface area (TPSA) is 74.7 Å². The summed E-state index contributed by atoms with van der Waals surface area (Å²) in [4.78, 5) is 9.18. The van der Waals surface area contributed by atoms with Crippen molar-refractivity contribution in [3.8, 4) is 23.1 Å². The fourth-order valence-corrected chi connectivity index (χ4v) is 3.29. The molecule has 0 aliphatic rings. The summed E-state index contributed by atoms with van der Waals surface area (Å²) in [5, 5.41) is 20.2.